The van der Waals surface area contributed by atoms with Crippen molar-refractivity contribution in [3.63, 3.8) is 0 Å². The molecule has 0 N–H and O–H groups in total. The molecule has 0 aromatic carbocycles. The topological polar surface area (TPSA) is 36.7 Å². The van der Waals surface area contributed by atoms with E-state index in [2.05, 4.69) is 41.2 Å². The quantitative estimate of drug-likeness (QED) is 0.394. The van der Waals surface area contributed by atoms with Crippen LogP contribution in [0.25, 0.3) is 0 Å². The molecule has 0 radical (unpaired) electrons. The van der Waals surface area contributed by atoms with Gasteiger partial charge in [0.15, 0.2) is 0 Å². The molecule has 3 unspecified atom stereocenters. The number of piperidine rings is 1. The molecular weight excluding hydrogens is 396 g/mol. The molecule has 4 aliphatic rings. The number of likely N-dealkylation sites (tertiary alicyclic amines) is 1. The highest BCUT2D eigenvalue weighted by atomic mass is 16.3. The van der Waals surface area contributed by atoms with Gasteiger partial charge >= 0.3 is 0 Å². The van der Waals surface area contributed by atoms with E-state index in [1.807, 2.05) is 12.2 Å². The first-order valence-corrected chi connectivity index (χ1v) is 12.7. The number of carbonyl (C=O) groups is 1. The zero-order valence-corrected chi connectivity index (χ0v) is 19.4. The summed E-state index contributed by atoms with van der Waals surface area (Å²) < 4.78 is 6.60. The van der Waals surface area contributed by atoms with E-state index in [0.29, 0.717) is 30.3 Å². The van der Waals surface area contributed by atoms with Crippen LogP contribution in [0, 0.1) is 5.41 Å². The second-order valence-electron chi connectivity index (χ2n) is 10.3. The van der Waals surface area contributed by atoms with Crippen LogP contribution in [0.5, 0.6) is 0 Å². The zero-order chi connectivity index (χ0) is 22.1. The molecule has 4 atom stereocenters. The highest BCUT2D eigenvalue weighted by Crippen LogP contribution is 2.67. The first-order chi connectivity index (χ1) is 15.7. The molecule has 1 aromatic heterocycles. The number of furan rings is 1. The van der Waals surface area contributed by atoms with Gasteiger partial charge in [-0.05, 0) is 75.5 Å². The van der Waals surface area contributed by atoms with E-state index >= 15 is 0 Å². The van der Waals surface area contributed by atoms with Gasteiger partial charge in [-0.1, -0.05) is 24.3 Å². The van der Waals surface area contributed by atoms with E-state index in [-0.39, 0.29) is 5.41 Å². The van der Waals surface area contributed by atoms with Gasteiger partial charge in [0.1, 0.15) is 11.5 Å². The third kappa shape index (κ3) is 3.61. The Morgan fingerprint density at radius 1 is 1.22 bits per heavy atom. The number of hydrogen-bond acceptors (Lipinski definition) is 3. The average molecular weight is 435 g/mol. The van der Waals surface area contributed by atoms with Gasteiger partial charge < -0.3 is 9.32 Å². The zero-order valence-electron chi connectivity index (χ0n) is 19.4. The van der Waals surface area contributed by atoms with Crippen molar-refractivity contribution in [2.75, 3.05) is 19.6 Å². The smallest absolute Gasteiger partial charge is 0.222 e. The standard InChI is InChI=1S/C28H38N2O2/c1-3-5-9-14-25(31)29-17-15-24-23-18-22(13-6-4-2)32-26(23)27-28(24,20-29)19-21-12-10-7-8-11-16-30(21)27/h3-4,10,12,18,21,24,27H,1-2,5-9,11,13-17,19-20H2/b12-10-/t21?,24-,27?,28?/m1/s1. The fourth-order valence-corrected chi connectivity index (χ4v) is 7.00. The number of aryl methyl sites for hydroxylation is 1. The van der Waals surface area contributed by atoms with Crippen molar-refractivity contribution in [2.24, 2.45) is 5.41 Å². The lowest BCUT2D eigenvalue weighted by molar-refractivity contribution is -0.135. The second kappa shape index (κ2) is 9.05. The molecule has 1 aromatic rings. The van der Waals surface area contributed by atoms with Crippen molar-refractivity contribution in [3.8, 4) is 0 Å². The fourth-order valence-electron chi connectivity index (χ4n) is 7.00. The van der Waals surface area contributed by atoms with Crippen molar-refractivity contribution in [1.82, 2.24) is 9.80 Å². The maximum absolute atomic E-state index is 13.1. The van der Waals surface area contributed by atoms with Gasteiger partial charge in [-0.25, -0.2) is 0 Å². The molecule has 1 amide bonds. The van der Waals surface area contributed by atoms with Crippen LogP contribution in [-0.4, -0.2) is 41.4 Å². The van der Waals surface area contributed by atoms with Crippen molar-refractivity contribution >= 4 is 5.91 Å². The van der Waals surface area contributed by atoms with Gasteiger partial charge in [-0.3, -0.25) is 9.69 Å². The van der Waals surface area contributed by atoms with Crippen molar-refractivity contribution < 1.29 is 9.21 Å². The molecule has 0 saturated carbocycles. The van der Waals surface area contributed by atoms with E-state index in [1.165, 1.54) is 30.6 Å². The summed E-state index contributed by atoms with van der Waals surface area (Å²) in [5, 5.41) is 0. The number of rotatable bonds is 7. The number of nitrogens with zero attached hydrogens (tertiary/aromatic N) is 2. The minimum absolute atomic E-state index is 0.0941. The summed E-state index contributed by atoms with van der Waals surface area (Å²) in [6, 6.07) is 3.12. The number of hydrogen-bond donors (Lipinski definition) is 0. The Hall–Kier alpha value is -2.07. The number of carbonyl (C=O) groups excluding carboxylic acids is 1. The molecule has 4 nitrogen and oxygen atoms in total. The molecule has 3 aliphatic heterocycles. The Morgan fingerprint density at radius 2 is 2.09 bits per heavy atom. The van der Waals surface area contributed by atoms with Crippen LogP contribution in [0.3, 0.4) is 0 Å². The third-order valence-corrected chi connectivity index (χ3v) is 8.37. The minimum atomic E-state index is 0.0941. The Kier molecular flexibility index (Phi) is 6.16. The highest BCUT2D eigenvalue weighted by molar-refractivity contribution is 5.76. The van der Waals surface area contributed by atoms with Gasteiger partial charge in [0, 0.05) is 37.4 Å². The monoisotopic (exact) mass is 434 g/mol. The first kappa shape index (κ1) is 21.8. The molecular formula is C28H38N2O2. The number of allylic oxidation sites excluding steroid dienone is 3. The van der Waals surface area contributed by atoms with Crippen LogP contribution in [0.2, 0.25) is 0 Å². The second-order valence-corrected chi connectivity index (χ2v) is 10.3. The van der Waals surface area contributed by atoms with Crippen molar-refractivity contribution in [2.45, 2.75) is 82.2 Å². The largest absolute Gasteiger partial charge is 0.464 e. The lowest BCUT2D eigenvalue weighted by atomic mass is 9.68. The van der Waals surface area contributed by atoms with E-state index in [9.17, 15) is 4.79 Å². The predicted octanol–water partition coefficient (Wildman–Crippen LogP) is 5.93. The van der Waals surface area contributed by atoms with E-state index < -0.39 is 0 Å². The van der Waals surface area contributed by atoms with Crippen LogP contribution >= 0.6 is 0 Å². The van der Waals surface area contributed by atoms with Gasteiger partial charge in [0.2, 0.25) is 5.91 Å². The first-order valence-electron chi connectivity index (χ1n) is 12.7. The Labute approximate surface area is 193 Å². The average Bonchev–Trinajstić information content (AvgIpc) is 3.38. The number of unbranched alkanes of at least 4 members (excludes halogenated alkanes) is 1. The summed E-state index contributed by atoms with van der Waals surface area (Å²) >= 11 is 0. The maximum Gasteiger partial charge on any atom is 0.222 e. The Bertz CT molecular complexity index is 899. The fraction of sp³-hybridized carbons (Fsp3) is 0.607. The van der Waals surface area contributed by atoms with Crippen LogP contribution < -0.4 is 0 Å². The van der Waals surface area contributed by atoms with Gasteiger partial charge in [0.05, 0.1) is 6.04 Å². The number of amides is 1. The lowest BCUT2D eigenvalue weighted by Crippen LogP contribution is -2.49. The van der Waals surface area contributed by atoms with Crippen molar-refractivity contribution in [3.05, 3.63) is 60.6 Å². The van der Waals surface area contributed by atoms with Crippen molar-refractivity contribution in [1.29, 1.82) is 0 Å². The Balaban J connectivity index is 1.47. The van der Waals surface area contributed by atoms with Gasteiger partial charge in [0.25, 0.3) is 0 Å². The third-order valence-electron chi connectivity index (χ3n) is 8.37. The van der Waals surface area contributed by atoms with E-state index in [0.717, 1.165) is 63.9 Å². The van der Waals surface area contributed by atoms with Crippen LogP contribution in [0.15, 0.2) is 47.9 Å². The summed E-state index contributed by atoms with van der Waals surface area (Å²) in [6.07, 6.45) is 19.0. The molecule has 4 heterocycles. The predicted molar refractivity (Wildman–Crippen MR) is 128 cm³/mol. The molecule has 1 spiro atoms. The molecule has 172 valence electrons. The van der Waals surface area contributed by atoms with E-state index in [1.54, 1.807) is 0 Å². The molecule has 1 aliphatic carbocycles. The molecule has 2 saturated heterocycles. The summed E-state index contributed by atoms with van der Waals surface area (Å²) in [4.78, 5) is 18.0. The normalized spacial score (nSPS) is 32.2. The molecule has 5 rings (SSSR count). The summed E-state index contributed by atoms with van der Waals surface area (Å²) in [5.74, 6) is 3.15. The SMILES string of the molecule is C=CCCCC(=O)N1CC[C@@H]2c3cc(CCC=C)oc3C3N4CCCC/C=C\C4CC32C1. The summed E-state index contributed by atoms with van der Waals surface area (Å²) in [7, 11) is 0. The lowest BCUT2D eigenvalue weighted by Gasteiger charge is -2.45. The maximum atomic E-state index is 13.1. The highest BCUT2D eigenvalue weighted by Gasteiger charge is 2.64. The van der Waals surface area contributed by atoms with E-state index in [4.69, 9.17) is 4.42 Å². The molecule has 2 fully saturated rings. The molecule has 32 heavy (non-hydrogen) atoms. The van der Waals surface area contributed by atoms with Gasteiger partial charge in [-0.15, -0.1) is 13.2 Å². The van der Waals surface area contributed by atoms with Crippen LogP contribution in [-0.2, 0) is 11.2 Å². The van der Waals surface area contributed by atoms with Crippen LogP contribution in [0.1, 0.15) is 86.8 Å². The molecule has 0 bridgehead atoms. The molecule has 4 heteroatoms. The summed E-state index contributed by atoms with van der Waals surface area (Å²) in [5.41, 5.74) is 1.54. The van der Waals surface area contributed by atoms with Crippen LogP contribution in [0.4, 0.5) is 0 Å². The minimum Gasteiger partial charge on any atom is -0.464 e. The van der Waals surface area contributed by atoms with Gasteiger partial charge in [-0.2, -0.15) is 0 Å². The summed E-state index contributed by atoms with van der Waals surface area (Å²) in [6.45, 7) is 10.6. The number of fused-ring (bicyclic) bond motifs is 5. The Morgan fingerprint density at radius 3 is 2.94 bits per heavy atom.